The van der Waals surface area contributed by atoms with Crippen molar-refractivity contribution in [1.29, 1.82) is 0 Å². The van der Waals surface area contributed by atoms with Gasteiger partial charge in [-0.15, -0.1) is 0 Å². The zero-order chi connectivity index (χ0) is 19.2. The van der Waals surface area contributed by atoms with E-state index < -0.39 is 28.9 Å². The number of alkyl halides is 3. The first kappa shape index (κ1) is 20.2. The number of esters is 1. The molecule has 0 spiro atoms. The molecule has 26 heavy (non-hydrogen) atoms. The Morgan fingerprint density at radius 2 is 1.81 bits per heavy atom. The normalized spacial score (nSPS) is 38.2. The van der Waals surface area contributed by atoms with Gasteiger partial charge in [0.15, 0.2) is 0 Å². The topological polar surface area (TPSA) is 88.0 Å². The summed E-state index contributed by atoms with van der Waals surface area (Å²) < 4.78 is 45.7. The van der Waals surface area contributed by atoms with Crippen molar-refractivity contribution in [1.82, 2.24) is 0 Å². The van der Waals surface area contributed by atoms with Gasteiger partial charge in [0.2, 0.25) is 4.75 Å². The Morgan fingerprint density at radius 3 is 2.31 bits per heavy atom. The molecule has 0 aromatic rings. The highest BCUT2D eigenvalue weighted by Crippen LogP contribution is 2.65. The zero-order valence-corrected chi connectivity index (χ0v) is 15.2. The third kappa shape index (κ3) is 3.46. The van der Waals surface area contributed by atoms with Gasteiger partial charge in [0.1, 0.15) is 0 Å². The maximum Gasteiger partial charge on any atom is 0.415 e. The first-order valence-electron chi connectivity index (χ1n) is 8.56. The molecular formula is C16H22F3O6S-. The Hall–Kier alpha value is -0.550. The number of carbonyl (C=O) groups excluding carboxylic acids is 1. The van der Waals surface area contributed by atoms with Crippen LogP contribution in [0, 0.1) is 22.7 Å². The van der Waals surface area contributed by atoms with E-state index in [1.807, 2.05) is 0 Å². The van der Waals surface area contributed by atoms with Gasteiger partial charge in [-0.05, 0) is 62.7 Å². The van der Waals surface area contributed by atoms with Gasteiger partial charge in [-0.3, -0.25) is 9.83 Å². The lowest BCUT2D eigenvalue weighted by atomic mass is 9.44. The summed E-state index contributed by atoms with van der Waals surface area (Å²) in [4.78, 5) is 12.2. The van der Waals surface area contributed by atoms with E-state index in [4.69, 9.17) is 4.74 Å². The Kier molecular flexibility index (Phi) is 5.28. The number of hydrogen-bond donors (Lipinski definition) is 1. The Balaban J connectivity index is 1.70. The van der Waals surface area contributed by atoms with Crippen LogP contribution in [0.2, 0.25) is 0 Å². The standard InChI is InChI=1S/C16H23F3O6S/c1-13(16(17,18)19,26-25-24-22)12(21)23-9-15-5-10-2-11(6-15)4-14(3-10,7-15)8-20/h10-11,20,22H,2-9H2,1H3/p-1. The zero-order valence-electron chi connectivity index (χ0n) is 14.3. The van der Waals surface area contributed by atoms with E-state index in [1.54, 1.807) is 0 Å². The molecule has 0 amide bonds. The molecule has 0 heterocycles. The molecule has 6 nitrogen and oxygen atoms in total. The van der Waals surface area contributed by atoms with E-state index in [2.05, 4.69) is 9.37 Å². The fourth-order valence-electron chi connectivity index (χ4n) is 5.64. The Bertz CT molecular complexity index is 543. The van der Waals surface area contributed by atoms with Crippen molar-refractivity contribution in [2.75, 3.05) is 13.2 Å². The van der Waals surface area contributed by atoms with E-state index in [1.165, 1.54) is 0 Å². The van der Waals surface area contributed by atoms with Crippen LogP contribution < -0.4 is 5.26 Å². The molecule has 3 unspecified atom stereocenters. The number of halogens is 3. The van der Waals surface area contributed by atoms with Crippen LogP contribution in [0.4, 0.5) is 13.2 Å². The van der Waals surface area contributed by atoms with Gasteiger partial charge in [-0.2, -0.15) is 17.5 Å². The van der Waals surface area contributed by atoms with E-state index >= 15 is 0 Å². The smallest absolute Gasteiger partial charge is 0.415 e. The lowest BCUT2D eigenvalue weighted by Crippen LogP contribution is -2.56. The molecule has 4 saturated carbocycles. The summed E-state index contributed by atoms with van der Waals surface area (Å²) in [5.41, 5.74) is -0.576. The molecule has 10 heteroatoms. The minimum Gasteiger partial charge on any atom is -0.691 e. The molecule has 0 aromatic heterocycles. The van der Waals surface area contributed by atoms with E-state index in [9.17, 15) is 28.3 Å². The van der Waals surface area contributed by atoms with Crippen LogP contribution in [-0.4, -0.2) is 35.2 Å². The Morgan fingerprint density at radius 1 is 1.23 bits per heavy atom. The van der Waals surface area contributed by atoms with E-state index in [0.717, 1.165) is 32.1 Å². The van der Waals surface area contributed by atoms with Crippen molar-refractivity contribution in [3.63, 3.8) is 0 Å². The predicted molar refractivity (Wildman–Crippen MR) is 81.8 cm³/mol. The summed E-state index contributed by atoms with van der Waals surface area (Å²) in [6, 6.07) is 0. The average Bonchev–Trinajstić information content (AvgIpc) is 2.55. The van der Waals surface area contributed by atoms with Crippen molar-refractivity contribution in [2.45, 2.75) is 56.4 Å². The van der Waals surface area contributed by atoms with Crippen LogP contribution in [0.25, 0.3) is 0 Å². The molecule has 0 aliphatic heterocycles. The second-order valence-electron chi connectivity index (χ2n) is 8.45. The highest BCUT2D eigenvalue weighted by Gasteiger charge is 2.62. The minimum absolute atomic E-state index is 0.0560. The van der Waals surface area contributed by atoms with Crippen molar-refractivity contribution in [3.05, 3.63) is 0 Å². The van der Waals surface area contributed by atoms with Crippen LogP contribution in [0.5, 0.6) is 0 Å². The molecule has 1 N–H and O–H groups in total. The molecule has 4 fully saturated rings. The molecule has 4 bridgehead atoms. The highest BCUT2D eigenvalue weighted by atomic mass is 32.2. The van der Waals surface area contributed by atoms with Crippen molar-refractivity contribution in [2.24, 2.45) is 22.7 Å². The molecule has 4 aliphatic rings. The van der Waals surface area contributed by atoms with Gasteiger partial charge in [0.05, 0.1) is 18.6 Å². The average molecular weight is 399 g/mol. The monoisotopic (exact) mass is 399 g/mol. The number of aliphatic hydroxyl groups excluding tert-OH is 1. The van der Waals surface area contributed by atoms with Crippen LogP contribution in [0.1, 0.15) is 45.4 Å². The van der Waals surface area contributed by atoms with Gasteiger partial charge in [-0.1, -0.05) is 0 Å². The van der Waals surface area contributed by atoms with E-state index in [0.29, 0.717) is 25.2 Å². The maximum atomic E-state index is 13.3. The van der Waals surface area contributed by atoms with Gasteiger partial charge >= 0.3 is 12.1 Å². The van der Waals surface area contributed by atoms with Crippen molar-refractivity contribution < 1.29 is 42.4 Å². The lowest BCUT2D eigenvalue weighted by Gasteiger charge is -2.61. The molecule has 0 saturated heterocycles. The number of carbonyl (C=O) groups is 1. The summed E-state index contributed by atoms with van der Waals surface area (Å²) in [5.74, 6) is -0.675. The van der Waals surface area contributed by atoms with Crippen molar-refractivity contribution in [3.8, 4) is 0 Å². The maximum absolute atomic E-state index is 13.3. The third-order valence-electron chi connectivity index (χ3n) is 6.31. The van der Waals surface area contributed by atoms with Gasteiger partial charge in [-0.25, -0.2) is 0 Å². The van der Waals surface area contributed by atoms with Crippen LogP contribution in [0.3, 0.4) is 0 Å². The molecular weight excluding hydrogens is 377 g/mol. The second-order valence-corrected chi connectivity index (χ2v) is 9.56. The number of ether oxygens (including phenoxy) is 1. The Labute approximate surface area is 153 Å². The van der Waals surface area contributed by atoms with Crippen molar-refractivity contribution >= 4 is 18.0 Å². The number of aliphatic hydroxyl groups is 1. The molecule has 4 rings (SSSR count). The second kappa shape index (κ2) is 6.80. The number of hydrogen-bond acceptors (Lipinski definition) is 7. The molecule has 150 valence electrons. The van der Waals surface area contributed by atoms with Gasteiger partial charge < -0.3 is 15.1 Å². The van der Waals surface area contributed by atoms with Gasteiger partial charge in [0.25, 0.3) is 0 Å². The third-order valence-corrected chi connectivity index (χ3v) is 7.16. The molecule has 3 atom stereocenters. The SMILES string of the molecule is CC(SOO[O-])(C(=O)OCC12CC3CC(CC(CO)(C3)C1)C2)C(F)(F)F. The molecule has 4 aliphatic carbocycles. The fourth-order valence-corrected chi connectivity index (χ4v) is 6.02. The van der Waals surface area contributed by atoms with Crippen LogP contribution in [0.15, 0.2) is 0 Å². The highest BCUT2D eigenvalue weighted by molar-refractivity contribution is 7.96. The lowest BCUT2D eigenvalue weighted by molar-refractivity contribution is -0.777. The quantitative estimate of drug-likeness (QED) is 0.304. The van der Waals surface area contributed by atoms with Crippen LogP contribution >= 0.6 is 12.0 Å². The predicted octanol–water partition coefficient (Wildman–Crippen LogP) is 2.30. The number of rotatable bonds is 7. The summed E-state index contributed by atoms with van der Waals surface area (Å²) >= 11 is -0.415. The summed E-state index contributed by atoms with van der Waals surface area (Å²) in [7, 11) is 0. The first-order chi connectivity index (χ1) is 12.1. The fraction of sp³-hybridized carbons (Fsp3) is 0.938. The van der Waals surface area contributed by atoms with Crippen LogP contribution in [-0.2, 0) is 18.9 Å². The van der Waals surface area contributed by atoms with Gasteiger partial charge in [0, 0.05) is 12.0 Å². The summed E-state index contributed by atoms with van der Waals surface area (Å²) in [6.07, 6.45) is 0.209. The first-order valence-corrected chi connectivity index (χ1v) is 9.30. The largest absolute Gasteiger partial charge is 0.691 e. The molecule has 0 aromatic carbocycles. The molecule has 0 radical (unpaired) electrons. The van der Waals surface area contributed by atoms with E-state index in [-0.39, 0.29) is 24.0 Å². The summed E-state index contributed by atoms with van der Waals surface area (Å²) in [5, 5.41) is 22.7. The minimum atomic E-state index is -4.99. The summed E-state index contributed by atoms with van der Waals surface area (Å²) in [6.45, 7) is 0.527.